The minimum atomic E-state index is 0.558. The van der Waals surface area contributed by atoms with Crippen molar-refractivity contribution in [1.82, 2.24) is 5.32 Å². The van der Waals surface area contributed by atoms with Crippen LogP contribution in [0, 0.1) is 0 Å². The summed E-state index contributed by atoms with van der Waals surface area (Å²) in [5.74, 6) is 1.31. The van der Waals surface area contributed by atoms with E-state index < -0.39 is 0 Å². The van der Waals surface area contributed by atoms with E-state index >= 15 is 0 Å². The van der Waals surface area contributed by atoms with Crippen molar-refractivity contribution in [1.29, 1.82) is 0 Å². The number of nitrogens with one attached hydrogen (secondary N) is 1. The predicted octanol–water partition coefficient (Wildman–Crippen LogP) is 1.54. The highest BCUT2D eigenvalue weighted by Crippen LogP contribution is 2.03. The second-order valence-corrected chi connectivity index (χ2v) is 3.43. The summed E-state index contributed by atoms with van der Waals surface area (Å²) in [6.07, 6.45) is 5.92. The van der Waals surface area contributed by atoms with Crippen LogP contribution in [0.15, 0.2) is 25.3 Å². The van der Waals surface area contributed by atoms with Gasteiger partial charge in [0.25, 0.3) is 0 Å². The topological polar surface area (TPSA) is 15.0 Å². The molecule has 0 aliphatic carbocycles. The van der Waals surface area contributed by atoms with Gasteiger partial charge in [-0.05, 0) is 6.92 Å². The molecule has 1 aliphatic heterocycles. The Hall–Kier alpha value is -1.05. The van der Waals surface area contributed by atoms with Gasteiger partial charge >= 0.3 is 0 Å². The summed E-state index contributed by atoms with van der Waals surface area (Å²) in [6.45, 7) is 11.9. The lowest BCUT2D eigenvalue weighted by Crippen LogP contribution is -2.28. The van der Waals surface area contributed by atoms with E-state index in [9.17, 15) is 0 Å². The van der Waals surface area contributed by atoms with Gasteiger partial charge in [-0.1, -0.05) is 12.2 Å². The average Bonchev–Trinajstić information content (AvgIpc) is 2.54. The summed E-state index contributed by atoms with van der Waals surface area (Å²) in [6, 6.07) is 0.558. The third kappa shape index (κ3) is 2.44. The molecule has 1 unspecified atom stereocenters. The highest BCUT2D eigenvalue weighted by molar-refractivity contribution is 5.79. The number of hydrogen-bond donors (Lipinski definition) is 1. The molecule has 1 rings (SSSR count). The van der Waals surface area contributed by atoms with Gasteiger partial charge in [0.1, 0.15) is 13.1 Å². The molecule has 0 saturated carbocycles. The van der Waals surface area contributed by atoms with E-state index in [2.05, 4.69) is 30.0 Å². The van der Waals surface area contributed by atoms with E-state index in [-0.39, 0.29) is 0 Å². The van der Waals surface area contributed by atoms with Crippen molar-refractivity contribution >= 4 is 5.84 Å². The number of hydrogen-bond acceptors (Lipinski definition) is 1. The van der Waals surface area contributed by atoms with E-state index in [1.165, 1.54) is 5.84 Å². The first-order chi connectivity index (χ1) is 6.29. The Kier molecular flexibility index (Phi) is 3.74. The Bertz CT molecular complexity index is 228. The molecule has 1 N–H and O–H groups in total. The molecule has 0 amide bonds. The number of rotatable bonds is 5. The minimum absolute atomic E-state index is 0.558. The molecule has 0 aromatic carbocycles. The molecule has 0 radical (unpaired) electrons. The van der Waals surface area contributed by atoms with Crippen LogP contribution in [0.4, 0.5) is 0 Å². The zero-order chi connectivity index (χ0) is 9.68. The van der Waals surface area contributed by atoms with Gasteiger partial charge in [-0.3, -0.25) is 9.89 Å². The first-order valence-corrected chi connectivity index (χ1v) is 4.87. The lowest BCUT2D eigenvalue weighted by molar-refractivity contribution is -0.553. The van der Waals surface area contributed by atoms with Crippen molar-refractivity contribution in [3.63, 3.8) is 0 Å². The van der Waals surface area contributed by atoms with Gasteiger partial charge in [-0.2, -0.15) is 0 Å². The van der Waals surface area contributed by atoms with Crippen LogP contribution in [0.5, 0.6) is 0 Å². The van der Waals surface area contributed by atoms with Crippen molar-refractivity contribution in [3.05, 3.63) is 25.3 Å². The quantitative estimate of drug-likeness (QED) is 0.500. The van der Waals surface area contributed by atoms with E-state index in [1.54, 1.807) is 0 Å². The molecular formula is C11H19N2+. The first kappa shape index (κ1) is 10.0. The largest absolute Gasteiger partial charge is 0.274 e. The van der Waals surface area contributed by atoms with Crippen molar-refractivity contribution in [2.45, 2.75) is 25.8 Å². The lowest BCUT2D eigenvalue weighted by atomic mass is 10.2. The Morgan fingerprint density at radius 2 is 2.31 bits per heavy atom. The van der Waals surface area contributed by atoms with Crippen molar-refractivity contribution in [3.8, 4) is 0 Å². The monoisotopic (exact) mass is 179 g/mol. The molecule has 2 heteroatoms. The van der Waals surface area contributed by atoms with Gasteiger partial charge in [-0.15, -0.1) is 13.2 Å². The van der Waals surface area contributed by atoms with Crippen LogP contribution in [0.3, 0.4) is 0 Å². The van der Waals surface area contributed by atoms with Gasteiger partial charge in [0, 0.05) is 6.42 Å². The molecule has 0 bridgehead atoms. The molecule has 1 aliphatic rings. The van der Waals surface area contributed by atoms with Crippen LogP contribution in [0.1, 0.15) is 19.8 Å². The summed E-state index contributed by atoms with van der Waals surface area (Å²) in [7, 11) is 0. The summed E-state index contributed by atoms with van der Waals surface area (Å²) < 4.78 is 2.41. The van der Waals surface area contributed by atoms with E-state index in [1.807, 2.05) is 12.2 Å². The third-order valence-electron chi connectivity index (χ3n) is 2.41. The number of amidine groups is 1. The second-order valence-electron chi connectivity index (χ2n) is 3.43. The highest BCUT2D eigenvalue weighted by Gasteiger charge is 2.22. The Morgan fingerprint density at radius 3 is 2.92 bits per heavy atom. The third-order valence-corrected chi connectivity index (χ3v) is 2.41. The minimum Gasteiger partial charge on any atom is -0.274 e. The zero-order valence-corrected chi connectivity index (χ0v) is 8.42. The average molecular weight is 179 g/mol. The van der Waals surface area contributed by atoms with Crippen LogP contribution in [-0.2, 0) is 0 Å². The maximum absolute atomic E-state index is 3.77. The molecule has 13 heavy (non-hydrogen) atoms. The normalized spacial score (nSPS) is 18.2. The predicted molar refractivity (Wildman–Crippen MR) is 57.2 cm³/mol. The van der Waals surface area contributed by atoms with Crippen molar-refractivity contribution in [2.24, 2.45) is 0 Å². The molecule has 0 fully saturated rings. The molecule has 72 valence electrons. The Labute approximate surface area is 80.7 Å². The summed E-state index contributed by atoms with van der Waals surface area (Å²) in [4.78, 5) is 0. The van der Waals surface area contributed by atoms with Crippen LogP contribution >= 0.6 is 0 Å². The molecule has 0 saturated heterocycles. The zero-order valence-electron chi connectivity index (χ0n) is 8.42. The van der Waals surface area contributed by atoms with Crippen LogP contribution in [0.2, 0.25) is 0 Å². The standard InChI is InChI=1S/C11H18N2/c1-4-6-10(3)13-9-8-12-11(13)7-5-2/h4-5,10H,1-2,6-9H2,3H3/p+1. The lowest BCUT2D eigenvalue weighted by Gasteiger charge is -2.10. The Morgan fingerprint density at radius 1 is 1.54 bits per heavy atom. The van der Waals surface area contributed by atoms with Gasteiger partial charge in [0.05, 0.1) is 12.5 Å². The van der Waals surface area contributed by atoms with Gasteiger partial charge in [0.2, 0.25) is 5.84 Å². The van der Waals surface area contributed by atoms with E-state index in [4.69, 9.17) is 0 Å². The van der Waals surface area contributed by atoms with Crippen LogP contribution in [-0.4, -0.2) is 29.5 Å². The van der Waals surface area contributed by atoms with Crippen LogP contribution < -0.4 is 5.32 Å². The molecular weight excluding hydrogens is 160 g/mol. The van der Waals surface area contributed by atoms with Gasteiger partial charge < -0.3 is 0 Å². The molecule has 0 spiro atoms. The first-order valence-electron chi connectivity index (χ1n) is 4.87. The fraction of sp³-hybridized carbons (Fsp3) is 0.545. The Balaban J connectivity index is 2.67. The van der Waals surface area contributed by atoms with Gasteiger partial charge in [0.15, 0.2) is 0 Å². The molecule has 0 aromatic rings. The second kappa shape index (κ2) is 4.85. The molecule has 1 heterocycles. The number of nitrogens with zero attached hydrogens (tertiary/aromatic N) is 1. The molecule has 1 atom stereocenters. The fourth-order valence-electron chi connectivity index (χ4n) is 1.74. The maximum atomic E-state index is 3.77. The van der Waals surface area contributed by atoms with E-state index in [0.717, 1.165) is 25.9 Å². The summed E-state index contributed by atoms with van der Waals surface area (Å²) in [5, 5.41) is 3.38. The molecule has 2 nitrogen and oxygen atoms in total. The van der Waals surface area contributed by atoms with Crippen molar-refractivity contribution in [2.75, 3.05) is 13.1 Å². The SMILES string of the molecule is C=CCC1=[N+](C(C)CC=C)CCN1. The summed E-state index contributed by atoms with van der Waals surface area (Å²) in [5.41, 5.74) is 0. The van der Waals surface area contributed by atoms with E-state index in [0.29, 0.717) is 6.04 Å². The fourth-order valence-corrected chi connectivity index (χ4v) is 1.74. The molecule has 0 aromatic heterocycles. The van der Waals surface area contributed by atoms with Gasteiger partial charge in [-0.25, -0.2) is 0 Å². The summed E-state index contributed by atoms with van der Waals surface area (Å²) >= 11 is 0. The van der Waals surface area contributed by atoms with Crippen LogP contribution in [0.25, 0.3) is 0 Å². The maximum Gasteiger partial charge on any atom is 0.249 e. The smallest absolute Gasteiger partial charge is 0.249 e. The van der Waals surface area contributed by atoms with Crippen molar-refractivity contribution < 1.29 is 4.58 Å². The highest BCUT2D eigenvalue weighted by atomic mass is 15.2.